The molecular weight excluding hydrogens is 314 g/mol. The molecule has 0 aromatic heterocycles. The SMILES string of the molecule is COc1cccc2c1CC(NC(C)Cc1ccc3c(c1)OCO3)CC2. The molecule has 2 aliphatic rings. The Balaban J connectivity index is 1.39. The van der Waals surface area contributed by atoms with Gasteiger partial charge in [0.05, 0.1) is 7.11 Å². The van der Waals surface area contributed by atoms with Crippen molar-refractivity contribution in [3.8, 4) is 17.2 Å². The van der Waals surface area contributed by atoms with Crippen LogP contribution >= 0.6 is 0 Å². The van der Waals surface area contributed by atoms with Crippen LogP contribution in [0.15, 0.2) is 36.4 Å². The molecule has 4 nitrogen and oxygen atoms in total. The molecule has 0 radical (unpaired) electrons. The fraction of sp³-hybridized carbons (Fsp3) is 0.429. The topological polar surface area (TPSA) is 39.7 Å². The molecule has 132 valence electrons. The lowest BCUT2D eigenvalue weighted by atomic mass is 9.87. The normalized spacial score (nSPS) is 19.4. The Morgan fingerprint density at radius 2 is 2.08 bits per heavy atom. The number of hydrogen-bond donors (Lipinski definition) is 1. The van der Waals surface area contributed by atoms with E-state index in [-0.39, 0.29) is 0 Å². The van der Waals surface area contributed by atoms with E-state index in [0.29, 0.717) is 18.9 Å². The summed E-state index contributed by atoms with van der Waals surface area (Å²) in [5, 5.41) is 3.80. The van der Waals surface area contributed by atoms with Crippen molar-refractivity contribution in [2.45, 2.75) is 44.7 Å². The third-order valence-corrected chi connectivity index (χ3v) is 5.16. The first-order chi connectivity index (χ1) is 12.2. The van der Waals surface area contributed by atoms with Crippen molar-refractivity contribution in [2.75, 3.05) is 13.9 Å². The maximum absolute atomic E-state index is 5.55. The standard InChI is InChI=1S/C21H25NO3/c1-14(10-15-6-9-20-21(11-15)25-13-24-20)22-17-8-7-16-4-3-5-19(23-2)18(16)12-17/h3-6,9,11,14,17,22H,7-8,10,12-13H2,1-2H3. The lowest BCUT2D eigenvalue weighted by Gasteiger charge is -2.29. The molecule has 4 rings (SSSR count). The average molecular weight is 339 g/mol. The molecule has 2 unspecified atom stereocenters. The van der Waals surface area contributed by atoms with E-state index in [0.717, 1.165) is 36.5 Å². The molecule has 2 aromatic carbocycles. The molecule has 25 heavy (non-hydrogen) atoms. The van der Waals surface area contributed by atoms with Crippen LogP contribution in [-0.2, 0) is 19.3 Å². The van der Waals surface area contributed by atoms with Crippen LogP contribution in [0.3, 0.4) is 0 Å². The van der Waals surface area contributed by atoms with E-state index in [1.165, 1.54) is 23.1 Å². The van der Waals surface area contributed by atoms with Gasteiger partial charge in [0.15, 0.2) is 11.5 Å². The van der Waals surface area contributed by atoms with Gasteiger partial charge in [0.2, 0.25) is 6.79 Å². The number of nitrogens with one attached hydrogen (secondary N) is 1. The molecule has 4 heteroatoms. The van der Waals surface area contributed by atoms with E-state index in [9.17, 15) is 0 Å². The van der Waals surface area contributed by atoms with Crippen LogP contribution in [0.4, 0.5) is 0 Å². The van der Waals surface area contributed by atoms with Crippen molar-refractivity contribution in [1.82, 2.24) is 5.32 Å². The second-order valence-corrected chi connectivity index (χ2v) is 7.00. The fourth-order valence-electron chi connectivity index (χ4n) is 3.97. The van der Waals surface area contributed by atoms with E-state index in [1.807, 2.05) is 6.07 Å². The zero-order chi connectivity index (χ0) is 17.2. The Bertz CT molecular complexity index is 745. The van der Waals surface area contributed by atoms with Gasteiger partial charge in [-0.15, -0.1) is 0 Å². The van der Waals surface area contributed by atoms with Crippen LogP contribution < -0.4 is 19.5 Å². The molecule has 2 aromatic rings. The summed E-state index contributed by atoms with van der Waals surface area (Å²) in [4.78, 5) is 0. The molecule has 2 atom stereocenters. The maximum Gasteiger partial charge on any atom is 0.231 e. The van der Waals surface area contributed by atoms with E-state index >= 15 is 0 Å². The minimum atomic E-state index is 0.329. The first-order valence-corrected chi connectivity index (χ1v) is 9.02. The molecular formula is C21H25NO3. The number of benzene rings is 2. The molecule has 1 heterocycles. The smallest absolute Gasteiger partial charge is 0.231 e. The van der Waals surface area contributed by atoms with Crippen LogP contribution in [-0.4, -0.2) is 26.0 Å². The summed E-state index contributed by atoms with van der Waals surface area (Å²) in [5.41, 5.74) is 4.07. The summed E-state index contributed by atoms with van der Waals surface area (Å²) >= 11 is 0. The quantitative estimate of drug-likeness (QED) is 0.905. The number of hydrogen-bond acceptors (Lipinski definition) is 4. The van der Waals surface area contributed by atoms with Gasteiger partial charge in [0, 0.05) is 12.1 Å². The van der Waals surface area contributed by atoms with Crippen LogP contribution in [0.5, 0.6) is 17.2 Å². The van der Waals surface area contributed by atoms with E-state index in [1.54, 1.807) is 7.11 Å². The highest BCUT2D eigenvalue weighted by atomic mass is 16.7. The highest BCUT2D eigenvalue weighted by molar-refractivity contribution is 5.45. The Kier molecular flexibility index (Phi) is 4.53. The Hall–Kier alpha value is -2.20. The predicted octanol–water partition coefficient (Wildman–Crippen LogP) is 3.50. The minimum absolute atomic E-state index is 0.329. The Morgan fingerprint density at radius 1 is 1.20 bits per heavy atom. The summed E-state index contributed by atoms with van der Waals surface area (Å²) in [7, 11) is 1.76. The van der Waals surface area contributed by atoms with Crippen molar-refractivity contribution in [3.05, 3.63) is 53.1 Å². The average Bonchev–Trinajstić information content (AvgIpc) is 3.08. The zero-order valence-corrected chi connectivity index (χ0v) is 14.9. The molecule has 0 amide bonds. The Labute approximate surface area is 149 Å². The first-order valence-electron chi connectivity index (χ1n) is 9.02. The van der Waals surface area contributed by atoms with Gasteiger partial charge in [-0.05, 0) is 67.5 Å². The van der Waals surface area contributed by atoms with Crippen LogP contribution in [0.1, 0.15) is 30.0 Å². The second kappa shape index (κ2) is 6.96. The van der Waals surface area contributed by atoms with Gasteiger partial charge in [-0.25, -0.2) is 0 Å². The molecule has 1 N–H and O–H groups in total. The van der Waals surface area contributed by atoms with Gasteiger partial charge < -0.3 is 19.5 Å². The molecule has 1 aliphatic heterocycles. The monoisotopic (exact) mass is 339 g/mol. The molecule has 0 saturated heterocycles. The van der Waals surface area contributed by atoms with Gasteiger partial charge >= 0.3 is 0 Å². The number of aryl methyl sites for hydroxylation is 1. The van der Waals surface area contributed by atoms with Gasteiger partial charge in [-0.3, -0.25) is 0 Å². The summed E-state index contributed by atoms with van der Waals surface area (Å²) < 4.78 is 16.4. The predicted molar refractivity (Wildman–Crippen MR) is 97.7 cm³/mol. The minimum Gasteiger partial charge on any atom is -0.496 e. The van der Waals surface area contributed by atoms with E-state index in [4.69, 9.17) is 14.2 Å². The second-order valence-electron chi connectivity index (χ2n) is 7.00. The molecule has 0 spiro atoms. The lowest BCUT2D eigenvalue weighted by molar-refractivity contribution is 0.174. The van der Waals surface area contributed by atoms with Crippen molar-refractivity contribution in [3.63, 3.8) is 0 Å². The van der Waals surface area contributed by atoms with Gasteiger partial charge in [-0.2, -0.15) is 0 Å². The number of rotatable bonds is 5. The highest BCUT2D eigenvalue weighted by Crippen LogP contribution is 2.33. The molecule has 0 saturated carbocycles. The summed E-state index contributed by atoms with van der Waals surface area (Å²) in [5.74, 6) is 2.73. The van der Waals surface area contributed by atoms with Crippen molar-refractivity contribution >= 4 is 0 Å². The van der Waals surface area contributed by atoms with Crippen LogP contribution in [0, 0.1) is 0 Å². The number of fused-ring (bicyclic) bond motifs is 2. The maximum atomic E-state index is 5.55. The largest absolute Gasteiger partial charge is 0.496 e. The van der Waals surface area contributed by atoms with Crippen molar-refractivity contribution < 1.29 is 14.2 Å². The summed E-state index contributed by atoms with van der Waals surface area (Å²) in [6.07, 6.45) is 4.29. The number of methoxy groups -OCH3 is 1. The number of ether oxygens (including phenoxy) is 3. The molecule has 0 bridgehead atoms. The van der Waals surface area contributed by atoms with Gasteiger partial charge in [0.1, 0.15) is 5.75 Å². The third kappa shape index (κ3) is 3.45. The molecule has 1 aliphatic carbocycles. The van der Waals surface area contributed by atoms with Gasteiger partial charge in [0.25, 0.3) is 0 Å². The summed E-state index contributed by atoms with van der Waals surface area (Å²) in [6.45, 7) is 2.58. The molecule has 0 fully saturated rings. The van der Waals surface area contributed by atoms with E-state index in [2.05, 4.69) is 42.6 Å². The fourth-order valence-corrected chi connectivity index (χ4v) is 3.97. The third-order valence-electron chi connectivity index (χ3n) is 5.16. The highest BCUT2D eigenvalue weighted by Gasteiger charge is 2.23. The zero-order valence-electron chi connectivity index (χ0n) is 14.9. The summed E-state index contributed by atoms with van der Waals surface area (Å²) in [6, 6.07) is 13.5. The van der Waals surface area contributed by atoms with Crippen molar-refractivity contribution in [2.24, 2.45) is 0 Å². The lowest BCUT2D eigenvalue weighted by Crippen LogP contribution is -2.41. The van der Waals surface area contributed by atoms with E-state index < -0.39 is 0 Å². The first kappa shape index (κ1) is 16.3. The van der Waals surface area contributed by atoms with Crippen molar-refractivity contribution in [1.29, 1.82) is 0 Å². The Morgan fingerprint density at radius 3 is 2.96 bits per heavy atom. The van der Waals surface area contributed by atoms with Crippen LogP contribution in [0.2, 0.25) is 0 Å². The van der Waals surface area contributed by atoms with Crippen LogP contribution in [0.25, 0.3) is 0 Å². The van der Waals surface area contributed by atoms with Gasteiger partial charge in [-0.1, -0.05) is 18.2 Å².